The van der Waals surface area contributed by atoms with Gasteiger partial charge in [0.05, 0.1) is 12.2 Å². The van der Waals surface area contributed by atoms with Crippen LogP contribution in [0.25, 0.3) is 0 Å². The van der Waals surface area contributed by atoms with E-state index in [1.165, 1.54) is 24.8 Å². The fraction of sp³-hybridized carbons (Fsp3) is 0.760. The summed E-state index contributed by atoms with van der Waals surface area (Å²) in [5.41, 5.74) is 2.01. The quantitative estimate of drug-likeness (QED) is 0.656. The number of aliphatic hydroxyl groups excluding tert-OH is 1. The van der Waals surface area contributed by atoms with Gasteiger partial charge in [-0.3, -0.25) is 9.80 Å². The van der Waals surface area contributed by atoms with Gasteiger partial charge in [-0.05, 0) is 60.1 Å². The monoisotopic (exact) mass is 434 g/mol. The van der Waals surface area contributed by atoms with Crippen LogP contribution in [-0.4, -0.2) is 66.4 Å². The third-order valence-corrected chi connectivity index (χ3v) is 8.99. The molecule has 2 saturated carbocycles. The molecule has 5 heteroatoms. The normalized spacial score (nSPS) is 32.6. The lowest BCUT2D eigenvalue weighted by Gasteiger charge is -2.39. The number of benzene rings is 1. The molecule has 3 fully saturated rings. The Bertz CT molecular complexity index is 702. The van der Waals surface area contributed by atoms with Crippen molar-refractivity contribution in [1.82, 2.24) is 9.80 Å². The Hall–Kier alpha value is -0.650. The highest BCUT2D eigenvalue weighted by Crippen LogP contribution is 2.66. The standard InChI is InChI=1S/C25H39ClN2O2/c1-24(2)20-8-10-25(24,3)23(16-20)30-15-9-22(29)18-28-13-11-27(12-14-28)17-19-4-6-21(26)7-5-19/h4-7,20,22-23,29H,8-18H2,1-3H3/t20-,22-,23-,25-/m0/s1. The SMILES string of the molecule is CC1(C)[C@H]2CC[C@@]1(C)[C@@H](OCC[C@H](O)CN1CCN(Cc3ccc(Cl)cc3)CC1)C2. The molecular weight excluding hydrogens is 396 g/mol. The number of hydrogen-bond acceptors (Lipinski definition) is 4. The lowest BCUT2D eigenvalue weighted by atomic mass is 9.70. The van der Waals surface area contributed by atoms with E-state index in [4.69, 9.17) is 16.3 Å². The van der Waals surface area contributed by atoms with Crippen molar-refractivity contribution in [1.29, 1.82) is 0 Å². The predicted molar refractivity (Wildman–Crippen MR) is 123 cm³/mol. The molecule has 3 aliphatic rings. The van der Waals surface area contributed by atoms with Gasteiger partial charge in [-0.15, -0.1) is 0 Å². The summed E-state index contributed by atoms with van der Waals surface area (Å²) in [7, 11) is 0. The van der Waals surface area contributed by atoms with Crippen LogP contribution in [0, 0.1) is 16.7 Å². The van der Waals surface area contributed by atoms with Crippen molar-refractivity contribution in [3.05, 3.63) is 34.9 Å². The first-order valence-corrected chi connectivity index (χ1v) is 12.1. The highest BCUT2D eigenvalue weighted by Gasteiger charge is 2.61. The summed E-state index contributed by atoms with van der Waals surface area (Å²) in [6, 6.07) is 8.14. The van der Waals surface area contributed by atoms with Gasteiger partial charge in [0.2, 0.25) is 0 Å². The number of fused-ring (bicyclic) bond motifs is 2. The Morgan fingerprint density at radius 2 is 1.77 bits per heavy atom. The maximum absolute atomic E-state index is 10.6. The topological polar surface area (TPSA) is 35.9 Å². The molecule has 4 atom stereocenters. The molecule has 0 unspecified atom stereocenters. The molecule has 0 amide bonds. The summed E-state index contributed by atoms with van der Waals surface area (Å²) in [6.07, 6.45) is 4.66. The smallest absolute Gasteiger partial charge is 0.0689 e. The van der Waals surface area contributed by atoms with E-state index >= 15 is 0 Å². The van der Waals surface area contributed by atoms with Gasteiger partial charge in [0, 0.05) is 50.9 Å². The molecule has 0 aromatic heterocycles. The number of β-amino-alcohol motifs (C(OH)–C–C–N with tert-alkyl or cyclic N) is 1. The average molecular weight is 435 g/mol. The van der Waals surface area contributed by atoms with Crippen LogP contribution in [0.2, 0.25) is 5.02 Å². The maximum atomic E-state index is 10.6. The zero-order valence-corrected chi connectivity index (χ0v) is 19.7. The maximum Gasteiger partial charge on any atom is 0.0689 e. The molecule has 0 spiro atoms. The van der Waals surface area contributed by atoms with Crippen LogP contribution >= 0.6 is 11.6 Å². The van der Waals surface area contributed by atoms with E-state index in [9.17, 15) is 5.11 Å². The van der Waals surface area contributed by atoms with Crippen molar-refractivity contribution in [2.45, 2.75) is 65.2 Å². The van der Waals surface area contributed by atoms with Gasteiger partial charge in [-0.2, -0.15) is 0 Å². The fourth-order valence-corrected chi connectivity index (χ4v) is 6.22. The number of halogens is 1. The zero-order chi connectivity index (χ0) is 21.4. The fourth-order valence-electron chi connectivity index (χ4n) is 6.10. The summed E-state index contributed by atoms with van der Waals surface area (Å²) < 4.78 is 6.33. The summed E-state index contributed by atoms with van der Waals surface area (Å²) in [4.78, 5) is 4.87. The Morgan fingerprint density at radius 1 is 1.10 bits per heavy atom. The van der Waals surface area contributed by atoms with Crippen molar-refractivity contribution < 1.29 is 9.84 Å². The lowest BCUT2D eigenvalue weighted by molar-refractivity contribution is -0.0570. The molecule has 1 saturated heterocycles. The minimum Gasteiger partial charge on any atom is -0.392 e. The molecule has 4 rings (SSSR count). The summed E-state index contributed by atoms with van der Waals surface area (Å²) in [6.45, 7) is 13.8. The van der Waals surface area contributed by atoms with E-state index < -0.39 is 0 Å². The number of ether oxygens (including phenoxy) is 1. The van der Waals surface area contributed by atoms with Gasteiger partial charge in [0.15, 0.2) is 0 Å². The largest absolute Gasteiger partial charge is 0.392 e. The van der Waals surface area contributed by atoms with Crippen molar-refractivity contribution in [2.75, 3.05) is 39.3 Å². The van der Waals surface area contributed by atoms with Gasteiger partial charge in [0.1, 0.15) is 0 Å². The second-order valence-corrected chi connectivity index (χ2v) is 11.1. The molecule has 0 radical (unpaired) electrons. The molecular formula is C25H39ClN2O2. The molecule has 1 heterocycles. The molecule has 1 aliphatic heterocycles. The van der Waals surface area contributed by atoms with Crippen LogP contribution in [0.5, 0.6) is 0 Å². The van der Waals surface area contributed by atoms with Crippen LogP contribution in [0.1, 0.15) is 52.0 Å². The number of aliphatic hydroxyl groups is 1. The van der Waals surface area contributed by atoms with Crippen molar-refractivity contribution in [2.24, 2.45) is 16.7 Å². The van der Waals surface area contributed by atoms with Crippen LogP contribution in [0.4, 0.5) is 0 Å². The minimum absolute atomic E-state index is 0.299. The number of hydrogen-bond donors (Lipinski definition) is 1. The Morgan fingerprint density at radius 3 is 2.37 bits per heavy atom. The van der Waals surface area contributed by atoms with Crippen molar-refractivity contribution in [3.8, 4) is 0 Å². The Labute approximate surface area is 187 Å². The van der Waals surface area contributed by atoms with Crippen LogP contribution in [0.3, 0.4) is 0 Å². The third-order valence-electron chi connectivity index (χ3n) is 8.74. The van der Waals surface area contributed by atoms with Crippen LogP contribution < -0.4 is 0 Å². The number of nitrogens with zero attached hydrogens (tertiary/aromatic N) is 2. The molecule has 168 valence electrons. The van der Waals surface area contributed by atoms with Crippen molar-refractivity contribution in [3.63, 3.8) is 0 Å². The molecule has 1 N–H and O–H groups in total. The zero-order valence-electron chi connectivity index (χ0n) is 18.9. The Balaban J connectivity index is 1.14. The van der Waals surface area contributed by atoms with E-state index in [0.717, 1.165) is 56.6 Å². The summed E-state index contributed by atoms with van der Waals surface area (Å²) in [5.74, 6) is 0.807. The third kappa shape index (κ3) is 4.59. The predicted octanol–water partition coefficient (Wildman–Crippen LogP) is 4.44. The lowest BCUT2D eigenvalue weighted by Crippen LogP contribution is -2.48. The molecule has 2 bridgehead atoms. The number of piperazine rings is 1. The van der Waals surface area contributed by atoms with Gasteiger partial charge in [-0.25, -0.2) is 0 Å². The van der Waals surface area contributed by atoms with Gasteiger partial charge >= 0.3 is 0 Å². The molecule has 1 aromatic rings. The first kappa shape index (κ1) is 22.5. The van der Waals surface area contributed by atoms with E-state index in [0.29, 0.717) is 23.5 Å². The minimum atomic E-state index is -0.299. The first-order valence-electron chi connectivity index (χ1n) is 11.8. The van der Waals surface area contributed by atoms with Crippen LogP contribution in [0.15, 0.2) is 24.3 Å². The van der Waals surface area contributed by atoms with E-state index in [1.54, 1.807) is 0 Å². The molecule has 2 aliphatic carbocycles. The van der Waals surface area contributed by atoms with Gasteiger partial charge in [0.25, 0.3) is 0 Å². The van der Waals surface area contributed by atoms with Crippen molar-refractivity contribution >= 4 is 11.6 Å². The van der Waals surface area contributed by atoms with E-state index in [2.05, 4.69) is 42.7 Å². The second kappa shape index (κ2) is 9.07. The number of rotatable bonds is 8. The van der Waals surface area contributed by atoms with E-state index in [1.807, 2.05) is 12.1 Å². The molecule has 30 heavy (non-hydrogen) atoms. The summed E-state index contributed by atoms with van der Waals surface area (Å²) in [5, 5.41) is 11.3. The molecule has 4 nitrogen and oxygen atoms in total. The van der Waals surface area contributed by atoms with Gasteiger partial charge < -0.3 is 9.84 Å². The Kier molecular flexibility index (Phi) is 6.82. The summed E-state index contributed by atoms with van der Waals surface area (Å²) >= 11 is 5.98. The first-order chi connectivity index (χ1) is 14.3. The van der Waals surface area contributed by atoms with Crippen LogP contribution in [-0.2, 0) is 11.3 Å². The second-order valence-electron chi connectivity index (χ2n) is 10.6. The highest BCUT2D eigenvalue weighted by molar-refractivity contribution is 6.30. The average Bonchev–Trinajstić information content (AvgIpc) is 3.05. The van der Waals surface area contributed by atoms with Gasteiger partial charge in [-0.1, -0.05) is 44.5 Å². The molecule has 1 aromatic carbocycles. The van der Waals surface area contributed by atoms with E-state index in [-0.39, 0.29) is 6.10 Å². The highest BCUT2D eigenvalue weighted by atomic mass is 35.5.